The molecule has 2 nitrogen and oxygen atoms in total. The maximum atomic E-state index is 8.23. The van der Waals surface area contributed by atoms with Crippen molar-refractivity contribution in [3.63, 3.8) is 0 Å². The third-order valence-electron chi connectivity index (χ3n) is 1.24. The third-order valence-corrected chi connectivity index (χ3v) is 3.43. The summed E-state index contributed by atoms with van der Waals surface area (Å²) in [7, 11) is 0. The van der Waals surface area contributed by atoms with Gasteiger partial charge in [0.1, 0.15) is 0 Å². The molecule has 56 valence electrons. The maximum absolute atomic E-state index is 8.23. The molecule has 0 spiro atoms. The van der Waals surface area contributed by atoms with E-state index in [1.165, 1.54) is 6.21 Å². The Balaban J connectivity index is 2.66. The van der Waals surface area contributed by atoms with Gasteiger partial charge in [0, 0.05) is 14.6 Å². The van der Waals surface area contributed by atoms with Gasteiger partial charge < -0.3 is 5.21 Å². The van der Waals surface area contributed by atoms with E-state index in [0.29, 0.717) is 5.25 Å². The monoisotopic (exact) mass is 221 g/mol. The van der Waals surface area contributed by atoms with Crippen molar-refractivity contribution in [1.82, 2.24) is 0 Å². The van der Waals surface area contributed by atoms with E-state index in [9.17, 15) is 0 Å². The number of oxime groups is 1. The molecule has 10 heavy (non-hydrogen) atoms. The largest absolute Gasteiger partial charge is 0.411 e. The summed E-state index contributed by atoms with van der Waals surface area (Å²) in [6.45, 7) is 2.14. The molecule has 0 saturated carbocycles. The minimum Gasteiger partial charge on any atom is -0.411 e. The zero-order chi connectivity index (χ0) is 7.56. The summed E-state index contributed by atoms with van der Waals surface area (Å²) in [4.78, 5) is 1.04. The number of halogens is 1. The molecule has 1 N–H and O–H groups in total. The van der Waals surface area contributed by atoms with E-state index in [4.69, 9.17) is 5.21 Å². The van der Waals surface area contributed by atoms with Crippen molar-refractivity contribution >= 4 is 33.9 Å². The minimum atomic E-state index is 0.599. The lowest BCUT2D eigenvalue weighted by molar-refractivity contribution is 0.322. The zero-order valence-electron chi connectivity index (χ0n) is 5.54. The number of allylic oxidation sites excluding steroid dienone is 2. The summed E-state index contributed by atoms with van der Waals surface area (Å²) in [5.74, 6) is 0. The molecule has 0 aromatic rings. The highest BCUT2D eigenvalue weighted by atomic mass is 79.9. The molecule has 1 aliphatic heterocycles. The third kappa shape index (κ3) is 1.76. The molecule has 0 aliphatic carbocycles. The molecule has 1 rings (SSSR count). The van der Waals surface area contributed by atoms with E-state index >= 15 is 0 Å². The van der Waals surface area contributed by atoms with Crippen LogP contribution in [0.25, 0.3) is 0 Å². The van der Waals surface area contributed by atoms with Crippen LogP contribution in [0.15, 0.2) is 14.5 Å². The second kappa shape index (κ2) is 3.44. The second-order valence-electron chi connectivity index (χ2n) is 2.15. The standard InChI is InChI=1S/C6H8BrNOS/c1-4-2-5(7)6(10-4)3-8-9/h3-4,9H,2H2,1H3/b8-3+. The minimum absolute atomic E-state index is 0.599. The Morgan fingerprint density at radius 1 is 1.90 bits per heavy atom. The molecular formula is C6H8BrNOS. The highest BCUT2D eigenvalue weighted by Gasteiger charge is 2.18. The van der Waals surface area contributed by atoms with E-state index < -0.39 is 0 Å². The van der Waals surface area contributed by atoms with E-state index in [1.807, 2.05) is 0 Å². The summed E-state index contributed by atoms with van der Waals surface area (Å²) >= 11 is 5.12. The highest BCUT2D eigenvalue weighted by molar-refractivity contribution is 9.11. The van der Waals surface area contributed by atoms with Gasteiger partial charge >= 0.3 is 0 Å². The van der Waals surface area contributed by atoms with Crippen LogP contribution in [-0.2, 0) is 0 Å². The average molecular weight is 222 g/mol. The molecule has 0 bridgehead atoms. The molecule has 0 amide bonds. The fourth-order valence-corrected chi connectivity index (χ4v) is 2.91. The van der Waals surface area contributed by atoms with Crippen molar-refractivity contribution < 1.29 is 5.21 Å². The van der Waals surface area contributed by atoms with Crippen LogP contribution >= 0.6 is 27.7 Å². The van der Waals surface area contributed by atoms with Gasteiger partial charge in [0.25, 0.3) is 0 Å². The lowest BCUT2D eigenvalue weighted by atomic mass is 10.3. The van der Waals surface area contributed by atoms with E-state index in [2.05, 4.69) is 28.0 Å². The zero-order valence-corrected chi connectivity index (χ0v) is 7.94. The van der Waals surface area contributed by atoms with Gasteiger partial charge in [-0.05, 0) is 6.42 Å². The molecule has 0 aromatic carbocycles. The van der Waals surface area contributed by atoms with Gasteiger partial charge in [-0.15, -0.1) is 11.8 Å². The van der Waals surface area contributed by atoms with Crippen molar-refractivity contribution in [3.05, 3.63) is 9.39 Å². The molecule has 1 heterocycles. The van der Waals surface area contributed by atoms with Crippen LogP contribution in [0.2, 0.25) is 0 Å². The van der Waals surface area contributed by atoms with Crippen LogP contribution < -0.4 is 0 Å². The average Bonchev–Trinajstić information content (AvgIpc) is 2.13. The molecule has 0 radical (unpaired) electrons. The normalized spacial score (nSPS) is 26.8. The molecule has 0 saturated heterocycles. The highest BCUT2D eigenvalue weighted by Crippen LogP contribution is 2.39. The summed E-state index contributed by atoms with van der Waals surface area (Å²) in [6, 6.07) is 0. The van der Waals surface area contributed by atoms with Crippen molar-refractivity contribution in [2.75, 3.05) is 0 Å². The first-order valence-corrected chi connectivity index (χ1v) is 4.64. The topological polar surface area (TPSA) is 32.6 Å². The molecule has 0 aromatic heterocycles. The Morgan fingerprint density at radius 2 is 2.60 bits per heavy atom. The maximum Gasteiger partial charge on any atom is 0.0805 e. The summed E-state index contributed by atoms with van der Waals surface area (Å²) < 4.78 is 1.14. The molecule has 1 atom stereocenters. The SMILES string of the molecule is CC1CC(Br)=C(/C=N/O)S1. The first-order chi connectivity index (χ1) is 4.74. The smallest absolute Gasteiger partial charge is 0.0805 e. The van der Waals surface area contributed by atoms with E-state index in [0.717, 1.165) is 15.8 Å². The Labute approximate surface area is 72.5 Å². The lowest BCUT2D eigenvalue weighted by Crippen LogP contribution is -1.85. The Kier molecular flexibility index (Phi) is 2.80. The van der Waals surface area contributed by atoms with Crippen LogP contribution in [0, 0.1) is 0 Å². The molecule has 1 aliphatic rings. The van der Waals surface area contributed by atoms with Gasteiger partial charge in [0.15, 0.2) is 0 Å². The Bertz CT molecular complexity index is 190. The number of rotatable bonds is 1. The first kappa shape index (κ1) is 8.14. The van der Waals surface area contributed by atoms with Gasteiger partial charge in [-0.3, -0.25) is 0 Å². The van der Waals surface area contributed by atoms with Crippen molar-refractivity contribution in [2.45, 2.75) is 18.6 Å². The van der Waals surface area contributed by atoms with Crippen LogP contribution in [0.5, 0.6) is 0 Å². The fourth-order valence-electron chi connectivity index (χ4n) is 0.828. The van der Waals surface area contributed by atoms with Gasteiger partial charge in [0.2, 0.25) is 0 Å². The number of hydrogen-bond donors (Lipinski definition) is 1. The van der Waals surface area contributed by atoms with Crippen LogP contribution in [0.1, 0.15) is 13.3 Å². The van der Waals surface area contributed by atoms with Gasteiger partial charge in [-0.2, -0.15) is 0 Å². The van der Waals surface area contributed by atoms with Gasteiger partial charge in [-0.25, -0.2) is 0 Å². The van der Waals surface area contributed by atoms with E-state index in [-0.39, 0.29) is 0 Å². The van der Waals surface area contributed by atoms with E-state index in [1.54, 1.807) is 11.8 Å². The quantitative estimate of drug-likeness (QED) is 0.420. The summed E-state index contributed by atoms with van der Waals surface area (Å²) in [5, 5.41) is 11.8. The van der Waals surface area contributed by atoms with Gasteiger partial charge in [-0.1, -0.05) is 28.0 Å². The molecule has 4 heteroatoms. The van der Waals surface area contributed by atoms with Crippen LogP contribution in [-0.4, -0.2) is 16.7 Å². The molecule has 1 unspecified atom stereocenters. The predicted molar refractivity (Wildman–Crippen MR) is 47.9 cm³/mol. The Hall–Kier alpha value is 0.0400. The number of nitrogens with zero attached hydrogens (tertiary/aromatic N) is 1. The van der Waals surface area contributed by atoms with Gasteiger partial charge in [0.05, 0.1) is 6.21 Å². The first-order valence-electron chi connectivity index (χ1n) is 2.96. The Morgan fingerprint density at radius 3 is 3.00 bits per heavy atom. The van der Waals surface area contributed by atoms with Crippen molar-refractivity contribution in [1.29, 1.82) is 0 Å². The predicted octanol–water partition coefficient (Wildman–Crippen LogP) is 2.58. The summed E-state index contributed by atoms with van der Waals surface area (Å²) in [5.41, 5.74) is 0. The fraction of sp³-hybridized carbons (Fsp3) is 0.500. The molecular weight excluding hydrogens is 214 g/mol. The van der Waals surface area contributed by atoms with Crippen LogP contribution in [0.3, 0.4) is 0 Å². The van der Waals surface area contributed by atoms with Crippen LogP contribution in [0.4, 0.5) is 0 Å². The molecule has 0 fully saturated rings. The number of thioether (sulfide) groups is 1. The summed E-state index contributed by atoms with van der Waals surface area (Å²) in [6.07, 6.45) is 2.50. The number of hydrogen-bond acceptors (Lipinski definition) is 3. The van der Waals surface area contributed by atoms with Crippen molar-refractivity contribution in [3.8, 4) is 0 Å². The van der Waals surface area contributed by atoms with Crippen molar-refractivity contribution in [2.24, 2.45) is 5.16 Å². The lowest BCUT2D eigenvalue weighted by Gasteiger charge is -1.95. The second-order valence-corrected chi connectivity index (χ2v) is 4.58.